The van der Waals surface area contributed by atoms with E-state index >= 15 is 0 Å². The molecule has 0 aromatic carbocycles. The van der Waals surface area contributed by atoms with Gasteiger partial charge in [0.25, 0.3) is 0 Å². The summed E-state index contributed by atoms with van der Waals surface area (Å²) in [5.74, 6) is -11.2. The van der Waals surface area contributed by atoms with Crippen molar-refractivity contribution in [1.29, 1.82) is 0 Å². The molecule has 0 fully saturated rings. The van der Waals surface area contributed by atoms with Crippen LogP contribution in [0.5, 0.6) is 0 Å². The standard InChI is InChI=1S/4C4H4O4.Ce/c4*5-3(6)1-2-4(7)8;/h4*1-2H,(H,5,6)(H,7,8);/q;;;;+4/p-4/b4*2-1+;. The maximum Gasteiger partial charge on any atom is 4.00 e. The zero-order valence-corrected chi connectivity index (χ0v) is 18.9. The van der Waals surface area contributed by atoms with Crippen LogP contribution in [0.2, 0.25) is 0 Å². The third-order valence-electron chi connectivity index (χ3n) is 1.45. The Hall–Kier alpha value is -3.90. The van der Waals surface area contributed by atoms with Crippen molar-refractivity contribution in [1.82, 2.24) is 0 Å². The van der Waals surface area contributed by atoms with Gasteiger partial charge in [-0.2, -0.15) is 0 Å². The van der Waals surface area contributed by atoms with Gasteiger partial charge in [-0.1, -0.05) is 0 Å². The molecule has 0 aliphatic heterocycles. The first kappa shape index (κ1) is 39.6. The molecule has 0 spiro atoms. The largest absolute Gasteiger partial charge is 4.00 e. The van der Waals surface area contributed by atoms with Crippen LogP contribution in [0.4, 0.5) is 0 Å². The maximum atomic E-state index is 9.55. The van der Waals surface area contributed by atoms with E-state index in [1.54, 1.807) is 0 Å². The second-order valence-electron chi connectivity index (χ2n) is 3.96. The quantitative estimate of drug-likeness (QED) is 0.188. The van der Waals surface area contributed by atoms with E-state index in [4.69, 9.17) is 20.4 Å². The van der Waals surface area contributed by atoms with Gasteiger partial charge >= 0.3 is 65.6 Å². The van der Waals surface area contributed by atoms with Crippen molar-refractivity contribution in [2.45, 2.75) is 0 Å². The number of carbonyl (C=O) groups excluding carboxylic acids is 4. The normalized spacial score (nSPS) is 9.21. The summed E-state index contributed by atoms with van der Waals surface area (Å²) in [6, 6.07) is 0. The molecule has 0 heterocycles. The summed E-state index contributed by atoms with van der Waals surface area (Å²) >= 11 is 0. The van der Waals surface area contributed by atoms with Crippen molar-refractivity contribution in [3.05, 3.63) is 48.6 Å². The number of rotatable bonds is 8. The summed E-state index contributed by atoms with van der Waals surface area (Å²) in [6.07, 6.45) is 3.77. The minimum Gasteiger partial charge on any atom is -0.545 e. The summed E-state index contributed by atoms with van der Waals surface area (Å²) in [7, 11) is 0. The van der Waals surface area contributed by atoms with E-state index in [9.17, 15) is 58.8 Å². The first-order valence-corrected chi connectivity index (χ1v) is 6.99. The van der Waals surface area contributed by atoms with Gasteiger partial charge in [0.05, 0.1) is 23.9 Å². The van der Waals surface area contributed by atoms with Crippen molar-refractivity contribution >= 4 is 47.8 Å². The first-order chi connectivity index (χ1) is 14.5. The van der Waals surface area contributed by atoms with Crippen molar-refractivity contribution < 1.29 is 121 Å². The number of hydrogen-bond donors (Lipinski definition) is 4. The van der Waals surface area contributed by atoms with E-state index in [-0.39, 0.29) is 41.7 Å². The molecule has 0 aromatic heterocycles. The van der Waals surface area contributed by atoms with E-state index in [1.165, 1.54) is 0 Å². The van der Waals surface area contributed by atoms with Crippen LogP contribution >= 0.6 is 0 Å². The minimum absolute atomic E-state index is 0. The molecule has 0 unspecified atom stereocenters. The summed E-state index contributed by atoms with van der Waals surface area (Å²) < 4.78 is 0. The topological polar surface area (TPSA) is 310 Å². The van der Waals surface area contributed by atoms with Crippen LogP contribution in [0.25, 0.3) is 0 Å². The third-order valence-corrected chi connectivity index (χ3v) is 1.45. The molecule has 0 atom stereocenters. The fraction of sp³-hybridized carbons (Fsp3) is 0. The number of hydrogen-bond acceptors (Lipinski definition) is 12. The smallest absolute Gasteiger partial charge is 0.545 e. The Morgan fingerprint density at radius 3 is 0.545 bits per heavy atom. The average molecular weight is 600 g/mol. The average Bonchev–Trinajstić information content (AvgIpc) is 2.63. The molecule has 4 N–H and O–H groups in total. The zero-order chi connectivity index (χ0) is 26.3. The summed E-state index contributed by atoms with van der Waals surface area (Å²) in [5, 5.41) is 68.9. The molecule has 17 heteroatoms. The fourth-order valence-corrected chi connectivity index (χ4v) is 0.557. The molecule has 0 aromatic rings. The number of aliphatic carboxylic acids is 8. The molecule has 0 saturated carbocycles. The molecule has 16 nitrogen and oxygen atoms in total. The summed E-state index contributed by atoms with van der Waals surface area (Å²) in [6.45, 7) is 0. The third kappa shape index (κ3) is 73.9. The number of carbonyl (C=O) groups is 8. The van der Waals surface area contributed by atoms with Crippen molar-refractivity contribution in [3.63, 3.8) is 0 Å². The van der Waals surface area contributed by atoms with E-state index in [0.717, 1.165) is 0 Å². The van der Waals surface area contributed by atoms with Gasteiger partial charge in [-0.05, 0) is 24.3 Å². The molecular weight excluding hydrogens is 588 g/mol. The second-order valence-corrected chi connectivity index (χ2v) is 3.96. The second kappa shape index (κ2) is 26.1. The van der Waals surface area contributed by atoms with Gasteiger partial charge in [0, 0.05) is 24.3 Å². The Kier molecular flexibility index (Phi) is 31.3. The predicted octanol–water partition coefficient (Wildman–Crippen LogP) is -6.49. The zero-order valence-electron chi connectivity index (χ0n) is 15.8. The Labute approximate surface area is 216 Å². The molecule has 0 bridgehead atoms. The Morgan fingerprint density at radius 1 is 0.364 bits per heavy atom. The van der Waals surface area contributed by atoms with Crippen LogP contribution in [0.3, 0.4) is 0 Å². The molecule has 0 aliphatic carbocycles. The molecule has 0 radical (unpaired) electrons. The Bertz CT molecular complexity index is 618. The van der Waals surface area contributed by atoms with Crippen LogP contribution in [0.15, 0.2) is 48.6 Å². The van der Waals surface area contributed by atoms with Gasteiger partial charge in [0.2, 0.25) is 0 Å². The van der Waals surface area contributed by atoms with Crippen LogP contribution in [-0.2, 0) is 38.4 Å². The van der Waals surface area contributed by atoms with Crippen LogP contribution < -0.4 is 20.4 Å². The first-order valence-electron chi connectivity index (χ1n) is 6.99. The number of carboxylic acid groups (broad SMARTS) is 8. The molecule has 0 aliphatic rings. The van der Waals surface area contributed by atoms with Gasteiger partial charge in [0.1, 0.15) is 0 Å². The van der Waals surface area contributed by atoms with Gasteiger partial charge in [0.15, 0.2) is 0 Å². The van der Waals surface area contributed by atoms with E-state index in [0.29, 0.717) is 48.6 Å². The summed E-state index contributed by atoms with van der Waals surface area (Å²) in [4.78, 5) is 75.9. The van der Waals surface area contributed by atoms with Crippen molar-refractivity contribution in [2.75, 3.05) is 0 Å². The Morgan fingerprint density at radius 2 is 0.485 bits per heavy atom. The molecule has 33 heavy (non-hydrogen) atoms. The van der Waals surface area contributed by atoms with Gasteiger partial charge in [-0.15, -0.1) is 0 Å². The molecular formula is C16H12CeO16. The number of carboxylic acids is 8. The molecule has 0 rings (SSSR count). The molecule has 0 saturated heterocycles. The van der Waals surface area contributed by atoms with Crippen molar-refractivity contribution in [2.24, 2.45) is 0 Å². The van der Waals surface area contributed by atoms with Crippen LogP contribution in [0.1, 0.15) is 0 Å². The SMILES string of the molecule is O=C(O)/C=C/C(=O)O.O=C(O)/C=C/C(=O)O.O=C([O-])/C=C/C(=O)[O-].O=C([O-])/C=C/C(=O)[O-].[Ce+4]. The van der Waals surface area contributed by atoms with Gasteiger partial charge in [-0.3, -0.25) is 0 Å². The summed E-state index contributed by atoms with van der Waals surface area (Å²) in [5.41, 5.74) is 0. The minimum atomic E-state index is -1.55. The monoisotopic (exact) mass is 600 g/mol. The molecule has 176 valence electrons. The Balaban J connectivity index is -0.000000105. The van der Waals surface area contributed by atoms with E-state index in [1.807, 2.05) is 0 Å². The van der Waals surface area contributed by atoms with Gasteiger partial charge < -0.3 is 60.0 Å². The van der Waals surface area contributed by atoms with Crippen LogP contribution in [-0.4, -0.2) is 68.2 Å². The molecule has 0 amide bonds. The van der Waals surface area contributed by atoms with Gasteiger partial charge in [-0.25, -0.2) is 19.2 Å². The fourth-order valence-electron chi connectivity index (χ4n) is 0.557. The maximum absolute atomic E-state index is 9.55. The van der Waals surface area contributed by atoms with Crippen LogP contribution in [0, 0.1) is 41.7 Å². The van der Waals surface area contributed by atoms with Crippen molar-refractivity contribution in [3.8, 4) is 0 Å². The predicted molar refractivity (Wildman–Crippen MR) is 87.1 cm³/mol. The van der Waals surface area contributed by atoms with E-state index < -0.39 is 47.8 Å². The van der Waals surface area contributed by atoms with E-state index in [2.05, 4.69) is 0 Å².